The number of hydrogen-bond acceptors (Lipinski definition) is 4. The van der Waals surface area contributed by atoms with Crippen LogP contribution in [-0.4, -0.2) is 48.5 Å². The van der Waals surface area contributed by atoms with Crippen LogP contribution >= 0.6 is 15.9 Å². The van der Waals surface area contributed by atoms with E-state index in [2.05, 4.69) is 43.0 Å². The van der Waals surface area contributed by atoms with Crippen molar-refractivity contribution >= 4 is 33.3 Å². The van der Waals surface area contributed by atoms with Gasteiger partial charge in [0, 0.05) is 30.7 Å². The number of rotatable bonds is 4. The molecule has 1 saturated heterocycles. The molecule has 0 radical (unpaired) electrons. The second-order valence-corrected chi connectivity index (χ2v) is 6.61. The van der Waals surface area contributed by atoms with Gasteiger partial charge in [-0.25, -0.2) is 4.98 Å². The van der Waals surface area contributed by atoms with Crippen LogP contribution < -0.4 is 10.2 Å². The van der Waals surface area contributed by atoms with E-state index in [1.165, 1.54) is 0 Å². The molecule has 0 unspecified atom stereocenters. The van der Waals surface area contributed by atoms with Gasteiger partial charge in [-0.3, -0.25) is 4.79 Å². The molecule has 2 aromatic rings. The zero-order chi connectivity index (χ0) is 16.9. The highest BCUT2D eigenvalue weighted by Crippen LogP contribution is 2.19. The molecule has 1 fully saturated rings. The fraction of sp³-hybridized carbons (Fsp3) is 0.333. The largest absolute Gasteiger partial charge is 0.368 e. The lowest BCUT2D eigenvalue weighted by molar-refractivity contribution is 0.102. The third kappa shape index (κ3) is 3.94. The van der Waals surface area contributed by atoms with Gasteiger partial charge in [-0.15, -0.1) is 0 Å². The minimum Gasteiger partial charge on any atom is -0.368 e. The van der Waals surface area contributed by atoms with Crippen LogP contribution in [0.1, 0.15) is 17.3 Å². The first-order valence-corrected chi connectivity index (χ1v) is 8.96. The maximum absolute atomic E-state index is 12.3. The fourth-order valence-electron chi connectivity index (χ4n) is 2.80. The summed E-state index contributed by atoms with van der Waals surface area (Å²) in [6.07, 6.45) is 1.83. The first-order chi connectivity index (χ1) is 11.7. The molecule has 126 valence electrons. The highest BCUT2D eigenvalue weighted by Gasteiger charge is 2.16. The lowest BCUT2D eigenvalue weighted by Crippen LogP contribution is -2.46. The van der Waals surface area contributed by atoms with Crippen molar-refractivity contribution in [3.8, 4) is 0 Å². The van der Waals surface area contributed by atoms with Crippen LogP contribution in [0.4, 0.5) is 11.5 Å². The number of nitrogens with one attached hydrogen (secondary N) is 1. The number of anilines is 2. The molecule has 0 bridgehead atoms. The Labute approximate surface area is 150 Å². The fourth-order valence-corrected chi connectivity index (χ4v) is 3.26. The number of hydrogen-bond donors (Lipinski definition) is 1. The van der Waals surface area contributed by atoms with Gasteiger partial charge < -0.3 is 15.1 Å². The second-order valence-electron chi connectivity index (χ2n) is 5.76. The Kier molecular flexibility index (Phi) is 5.48. The Balaban J connectivity index is 1.63. The number of carbonyl (C=O) groups is 1. The first-order valence-electron chi connectivity index (χ1n) is 8.16. The van der Waals surface area contributed by atoms with Gasteiger partial charge in [-0.2, -0.15) is 0 Å². The number of aromatic nitrogens is 1. The average molecular weight is 389 g/mol. The molecule has 0 aliphatic carbocycles. The van der Waals surface area contributed by atoms with Gasteiger partial charge in [-0.1, -0.05) is 19.1 Å². The number of pyridine rings is 1. The van der Waals surface area contributed by atoms with Gasteiger partial charge >= 0.3 is 0 Å². The van der Waals surface area contributed by atoms with E-state index in [0.717, 1.165) is 42.9 Å². The van der Waals surface area contributed by atoms with Crippen molar-refractivity contribution < 1.29 is 4.79 Å². The van der Waals surface area contributed by atoms with Crippen molar-refractivity contribution in [2.24, 2.45) is 0 Å². The van der Waals surface area contributed by atoms with E-state index in [1.807, 2.05) is 36.5 Å². The molecule has 0 saturated carbocycles. The molecule has 1 aromatic carbocycles. The second kappa shape index (κ2) is 7.77. The van der Waals surface area contributed by atoms with E-state index in [1.54, 1.807) is 6.07 Å². The summed E-state index contributed by atoms with van der Waals surface area (Å²) in [5, 5.41) is 2.84. The number of likely N-dealkylation sites (N-methyl/N-ethyl adjacent to an activating group) is 1. The summed E-state index contributed by atoms with van der Waals surface area (Å²) in [5.74, 6) is 0.394. The summed E-state index contributed by atoms with van der Waals surface area (Å²) in [4.78, 5) is 21.5. The predicted octanol–water partition coefficient (Wildman–Crippen LogP) is 3.24. The van der Waals surface area contributed by atoms with E-state index in [-0.39, 0.29) is 5.91 Å². The predicted molar refractivity (Wildman–Crippen MR) is 101 cm³/mol. The van der Waals surface area contributed by atoms with E-state index in [0.29, 0.717) is 11.4 Å². The molecule has 0 atom stereocenters. The Morgan fingerprint density at radius 2 is 1.92 bits per heavy atom. The van der Waals surface area contributed by atoms with E-state index < -0.39 is 0 Å². The standard InChI is InChI=1S/C18H21BrN4O/c1-2-22-9-11-23(12-10-22)14-7-8-17(20-13-14)21-18(24)15-5-3-4-6-16(15)19/h3-8,13H,2,9-12H2,1H3,(H,20,21,24). The maximum atomic E-state index is 12.3. The number of nitrogens with zero attached hydrogens (tertiary/aromatic N) is 3. The first kappa shape index (κ1) is 16.9. The zero-order valence-corrected chi connectivity index (χ0v) is 15.3. The third-order valence-corrected chi connectivity index (χ3v) is 4.98. The molecular weight excluding hydrogens is 368 g/mol. The van der Waals surface area contributed by atoms with Crippen molar-refractivity contribution in [1.82, 2.24) is 9.88 Å². The Morgan fingerprint density at radius 1 is 1.17 bits per heavy atom. The Bertz CT molecular complexity index is 696. The van der Waals surface area contributed by atoms with Crippen LogP contribution in [0.3, 0.4) is 0 Å². The minimum atomic E-state index is -0.167. The summed E-state index contributed by atoms with van der Waals surface area (Å²) >= 11 is 3.39. The van der Waals surface area contributed by atoms with Gasteiger partial charge in [0.2, 0.25) is 0 Å². The van der Waals surface area contributed by atoms with Gasteiger partial charge in [0.05, 0.1) is 17.4 Å². The monoisotopic (exact) mass is 388 g/mol. The van der Waals surface area contributed by atoms with Gasteiger partial charge in [0.1, 0.15) is 5.82 Å². The van der Waals surface area contributed by atoms with Crippen molar-refractivity contribution in [3.63, 3.8) is 0 Å². The summed E-state index contributed by atoms with van der Waals surface area (Å²) < 4.78 is 0.771. The summed E-state index contributed by atoms with van der Waals surface area (Å²) in [6, 6.07) is 11.2. The molecule has 0 spiro atoms. The van der Waals surface area contributed by atoms with E-state index in [4.69, 9.17) is 0 Å². The van der Waals surface area contributed by atoms with Crippen LogP contribution in [0.15, 0.2) is 47.1 Å². The Morgan fingerprint density at radius 3 is 2.54 bits per heavy atom. The minimum absolute atomic E-state index is 0.167. The number of halogens is 1. The van der Waals surface area contributed by atoms with Crippen LogP contribution in [-0.2, 0) is 0 Å². The van der Waals surface area contributed by atoms with Crippen LogP contribution in [0, 0.1) is 0 Å². The van der Waals surface area contributed by atoms with Crippen LogP contribution in [0.25, 0.3) is 0 Å². The highest BCUT2D eigenvalue weighted by atomic mass is 79.9. The lowest BCUT2D eigenvalue weighted by atomic mass is 10.2. The molecule has 6 heteroatoms. The number of carbonyl (C=O) groups excluding carboxylic acids is 1. The lowest BCUT2D eigenvalue weighted by Gasteiger charge is -2.35. The number of amides is 1. The summed E-state index contributed by atoms with van der Waals surface area (Å²) in [5.41, 5.74) is 1.70. The molecule has 24 heavy (non-hydrogen) atoms. The number of piperazine rings is 1. The molecule has 1 N–H and O–H groups in total. The molecule has 5 nitrogen and oxygen atoms in total. The van der Waals surface area contributed by atoms with Crippen LogP contribution in [0.2, 0.25) is 0 Å². The molecule has 1 amide bonds. The van der Waals surface area contributed by atoms with Crippen LogP contribution in [0.5, 0.6) is 0 Å². The van der Waals surface area contributed by atoms with Gasteiger partial charge in [0.25, 0.3) is 5.91 Å². The van der Waals surface area contributed by atoms with Crippen molar-refractivity contribution in [3.05, 3.63) is 52.6 Å². The van der Waals surface area contributed by atoms with Gasteiger partial charge in [-0.05, 0) is 46.7 Å². The maximum Gasteiger partial charge on any atom is 0.257 e. The average Bonchev–Trinajstić information content (AvgIpc) is 2.63. The SMILES string of the molecule is CCN1CCN(c2ccc(NC(=O)c3ccccc3Br)nc2)CC1. The molecule has 2 heterocycles. The summed E-state index contributed by atoms with van der Waals surface area (Å²) in [6.45, 7) is 7.48. The quantitative estimate of drug-likeness (QED) is 0.873. The molecular formula is C18H21BrN4O. The van der Waals surface area contributed by atoms with Crippen molar-refractivity contribution in [1.29, 1.82) is 0 Å². The van der Waals surface area contributed by atoms with Gasteiger partial charge in [0.15, 0.2) is 0 Å². The van der Waals surface area contributed by atoms with E-state index in [9.17, 15) is 4.79 Å². The van der Waals surface area contributed by atoms with Crippen molar-refractivity contribution in [2.75, 3.05) is 42.9 Å². The molecule has 1 aromatic heterocycles. The smallest absolute Gasteiger partial charge is 0.257 e. The van der Waals surface area contributed by atoms with E-state index >= 15 is 0 Å². The Hall–Kier alpha value is -1.92. The van der Waals surface area contributed by atoms with Crippen molar-refractivity contribution in [2.45, 2.75) is 6.92 Å². The molecule has 1 aliphatic rings. The molecule has 3 rings (SSSR count). The normalized spacial score (nSPS) is 15.3. The number of benzene rings is 1. The molecule has 1 aliphatic heterocycles. The summed E-state index contributed by atoms with van der Waals surface area (Å²) in [7, 11) is 0. The topological polar surface area (TPSA) is 48.5 Å². The highest BCUT2D eigenvalue weighted by molar-refractivity contribution is 9.10. The third-order valence-electron chi connectivity index (χ3n) is 4.29. The zero-order valence-electron chi connectivity index (χ0n) is 13.7.